The molecule has 2 N–H and O–H groups in total. The number of fused-ring (bicyclic) bond motifs is 2. The molecule has 0 radical (unpaired) electrons. The molecule has 1 aromatic carbocycles. The molecule has 0 bridgehead atoms. The Hall–Kier alpha value is -6.10. The predicted octanol–water partition coefficient (Wildman–Crippen LogP) is 6.95. The van der Waals surface area contributed by atoms with E-state index in [2.05, 4.69) is 31.2 Å². The van der Waals surface area contributed by atoms with E-state index < -0.39 is 29.5 Å². The Morgan fingerprint density at radius 3 is 2.38 bits per heavy atom. The number of amides is 1. The first-order valence-corrected chi connectivity index (χ1v) is 18.8. The minimum Gasteiger partial charge on any atom is -0.461 e. The largest absolute Gasteiger partial charge is 0.461 e. The van der Waals surface area contributed by atoms with Crippen LogP contribution in [0.15, 0.2) is 55.0 Å². The molecule has 1 atom stereocenters. The van der Waals surface area contributed by atoms with Gasteiger partial charge in [-0.15, -0.1) is 0 Å². The molecule has 0 spiro atoms. The van der Waals surface area contributed by atoms with Crippen LogP contribution in [0.4, 0.5) is 10.6 Å². The van der Waals surface area contributed by atoms with Crippen LogP contribution in [0.3, 0.4) is 0 Å². The zero-order valence-corrected chi connectivity index (χ0v) is 33.1. The number of pyridine rings is 2. The summed E-state index contributed by atoms with van der Waals surface area (Å²) < 4.78 is 12.8. The number of carbonyl (C=O) groups is 4. The number of benzene rings is 1. The van der Waals surface area contributed by atoms with E-state index in [4.69, 9.17) is 14.5 Å². The van der Waals surface area contributed by atoms with Crippen molar-refractivity contribution in [1.29, 1.82) is 5.26 Å². The number of rotatable bonds is 9. The van der Waals surface area contributed by atoms with E-state index in [1.165, 1.54) is 4.57 Å². The van der Waals surface area contributed by atoms with Gasteiger partial charge in [0.05, 0.1) is 28.9 Å². The number of nitrogens with zero attached hydrogens (tertiary/aromatic N) is 6. The topological polar surface area (TPSA) is 185 Å². The number of piperidine rings is 1. The van der Waals surface area contributed by atoms with Gasteiger partial charge in [0, 0.05) is 66.8 Å². The van der Waals surface area contributed by atoms with Crippen molar-refractivity contribution < 1.29 is 28.7 Å². The van der Waals surface area contributed by atoms with Crippen molar-refractivity contribution in [2.24, 2.45) is 11.3 Å². The van der Waals surface area contributed by atoms with Crippen LogP contribution in [-0.4, -0.2) is 79.1 Å². The number of imidazole rings is 1. The van der Waals surface area contributed by atoms with Crippen molar-refractivity contribution in [3.8, 4) is 17.2 Å². The summed E-state index contributed by atoms with van der Waals surface area (Å²) in [6.45, 7) is 16.2. The summed E-state index contributed by atoms with van der Waals surface area (Å²) in [4.78, 5) is 71.2. The van der Waals surface area contributed by atoms with Gasteiger partial charge in [0.1, 0.15) is 23.6 Å². The number of ketones is 1. The number of carbonyl (C=O) groups excluding carboxylic acids is 4. The second-order valence-corrected chi connectivity index (χ2v) is 16.8. The van der Waals surface area contributed by atoms with E-state index in [9.17, 15) is 24.4 Å². The first kappa shape index (κ1) is 39.6. The molecular formula is C42H48N8O6. The van der Waals surface area contributed by atoms with Gasteiger partial charge in [0.2, 0.25) is 11.7 Å². The highest BCUT2D eigenvalue weighted by molar-refractivity contribution is 6.09. The van der Waals surface area contributed by atoms with Crippen LogP contribution in [0.5, 0.6) is 0 Å². The number of anilines is 1. The minimum atomic E-state index is -0.718. The number of hydrogen-bond donors (Lipinski definition) is 2. The molecule has 14 heteroatoms. The number of hydrogen-bond acceptors (Lipinski definition) is 11. The molecule has 0 saturated carbocycles. The summed E-state index contributed by atoms with van der Waals surface area (Å²) in [5.74, 6) is -0.332. The van der Waals surface area contributed by atoms with E-state index in [-0.39, 0.29) is 29.2 Å². The fraction of sp³-hybridized carbons (Fsp3) is 0.429. The van der Waals surface area contributed by atoms with E-state index in [1.807, 2.05) is 46.8 Å². The van der Waals surface area contributed by atoms with Crippen LogP contribution in [0.25, 0.3) is 33.2 Å². The number of nitriles is 1. The average molecular weight is 761 g/mol. The zero-order valence-electron chi connectivity index (χ0n) is 33.1. The molecule has 1 unspecified atom stereocenters. The molecule has 5 aromatic rings. The third-order valence-corrected chi connectivity index (χ3v) is 9.42. The van der Waals surface area contributed by atoms with Crippen LogP contribution in [0.1, 0.15) is 96.4 Å². The third kappa shape index (κ3) is 8.88. The lowest BCUT2D eigenvalue weighted by atomic mass is 9.91. The highest BCUT2D eigenvalue weighted by atomic mass is 16.6. The molecule has 4 aromatic heterocycles. The first-order valence-electron chi connectivity index (χ1n) is 18.8. The number of aromatic nitrogens is 5. The van der Waals surface area contributed by atoms with Crippen LogP contribution in [0, 0.1) is 22.7 Å². The molecule has 292 valence electrons. The van der Waals surface area contributed by atoms with Gasteiger partial charge in [-0.3, -0.25) is 19.1 Å². The van der Waals surface area contributed by atoms with Gasteiger partial charge in [-0.1, -0.05) is 34.6 Å². The Kier molecular flexibility index (Phi) is 11.0. The highest BCUT2D eigenvalue weighted by Crippen LogP contribution is 2.33. The number of esters is 1. The van der Waals surface area contributed by atoms with Crippen molar-refractivity contribution in [2.45, 2.75) is 92.4 Å². The van der Waals surface area contributed by atoms with Gasteiger partial charge in [0.25, 0.3) is 0 Å². The summed E-state index contributed by atoms with van der Waals surface area (Å²) >= 11 is 0. The molecule has 0 aliphatic carbocycles. The number of ether oxygens (including phenoxy) is 2. The fourth-order valence-electron chi connectivity index (χ4n) is 6.69. The maximum atomic E-state index is 13.8. The molecule has 1 fully saturated rings. The van der Waals surface area contributed by atoms with Gasteiger partial charge >= 0.3 is 12.1 Å². The Morgan fingerprint density at radius 2 is 1.71 bits per heavy atom. The Labute approximate surface area is 325 Å². The molecule has 1 amide bonds. The molecule has 14 nitrogen and oxygen atoms in total. The maximum Gasteiger partial charge on any atom is 0.419 e. The minimum absolute atomic E-state index is 0.0904. The monoisotopic (exact) mass is 760 g/mol. The summed E-state index contributed by atoms with van der Waals surface area (Å²) in [6, 6.07) is 11.7. The molecule has 1 aliphatic rings. The van der Waals surface area contributed by atoms with Gasteiger partial charge in [-0.2, -0.15) is 5.26 Å². The summed E-state index contributed by atoms with van der Waals surface area (Å²) in [5, 5.41) is 13.5. The fourth-order valence-corrected chi connectivity index (χ4v) is 6.69. The van der Waals surface area contributed by atoms with Gasteiger partial charge in [-0.25, -0.2) is 19.6 Å². The number of H-pyrrole nitrogens is 1. The first-order chi connectivity index (χ1) is 26.4. The van der Waals surface area contributed by atoms with Gasteiger partial charge in [-0.05, 0) is 68.5 Å². The zero-order chi connectivity index (χ0) is 40.5. The number of aromatic amines is 1. The standard InChI is InChI=1S/C42H48N8O6/c1-24(2)35(47-34(51)20-41(3,4)5)39(53)55-27-13-16-49(17-14-27)33-12-11-31-37(46-33)48-38(45-31)36(52)25-9-10-26(21-43)29(19-25)30-22-44-23-32-28(30)15-18-50(32)40(54)56-42(6,7)8/h9-12,15,18-19,22-24,27,35H,13-14,16-17,20H2,1-8H3,(H,47,51)(H,45,46,48). The molecule has 6 rings (SSSR count). The lowest BCUT2D eigenvalue weighted by molar-refractivity contribution is -0.155. The van der Waals surface area contributed by atoms with Crippen molar-refractivity contribution in [3.63, 3.8) is 0 Å². The molecule has 5 heterocycles. The second kappa shape index (κ2) is 15.6. The number of nitrogens with one attached hydrogen (secondary N) is 2. The van der Waals surface area contributed by atoms with Gasteiger partial charge in [0.15, 0.2) is 11.5 Å². The molecule has 1 aliphatic heterocycles. The van der Waals surface area contributed by atoms with E-state index in [0.29, 0.717) is 82.5 Å². The van der Waals surface area contributed by atoms with Crippen molar-refractivity contribution in [3.05, 3.63) is 71.9 Å². The van der Waals surface area contributed by atoms with Crippen molar-refractivity contribution in [2.75, 3.05) is 18.0 Å². The summed E-state index contributed by atoms with van der Waals surface area (Å²) in [6.07, 6.45) is 5.39. The van der Waals surface area contributed by atoms with Crippen LogP contribution in [-0.2, 0) is 19.1 Å². The molecule has 1 saturated heterocycles. The highest BCUT2D eigenvalue weighted by Gasteiger charge is 2.31. The third-order valence-electron chi connectivity index (χ3n) is 9.42. The Morgan fingerprint density at radius 1 is 0.982 bits per heavy atom. The lowest BCUT2D eigenvalue weighted by Crippen LogP contribution is -2.48. The normalized spacial score (nSPS) is 14.5. The van der Waals surface area contributed by atoms with Crippen molar-refractivity contribution >= 4 is 51.6 Å². The SMILES string of the molecule is CC(C)C(NC(=O)CC(C)(C)C)C(=O)OC1CCN(c2ccc3[nH]c(C(=O)c4ccc(C#N)c(-c5cncc6c5ccn6C(=O)OC(C)(C)C)c4)nc3n2)CC1. The molecular weight excluding hydrogens is 713 g/mol. The summed E-state index contributed by atoms with van der Waals surface area (Å²) in [5.41, 5.74) is 2.25. The van der Waals surface area contributed by atoms with Gasteiger partial charge < -0.3 is 24.7 Å². The van der Waals surface area contributed by atoms with E-state index in [0.717, 1.165) is 0 Å². The lowest BCUT2D eigenvalue weighted by Gasteiger charge is -2.33. The van der Waals surface area contributed by atoms with Crippen LogP contribution in [0.2, 0.25) is 0 Å². The van der Waals surface area contributed by atoms with Crippen LogP contribution < -0.4 is 10.2 Å². The van der Waals surface area contributed by atoms with Crippen molar-refractivity contribution in [1.82, 2.24) is 29.8 Å². The summed E-state index contributed by atoms with van der Waals surface area (Å²) in [7, 11) is 0. The quantitative estimate of drug-likeness (QED) is 0.117. The maximum absolute atomic E-state index is 13.8. The Balaban J connectivity index is 1.15. The predicted molar refractivity (Wildman–Crippen MR) is 211 cm³/mol. The van der Waals surface area contributed by atoms with E-state index >= 15 is 0 Å². The van der Waals surface area contributed by atoms with Crippen LogP contribution >= 0.6 is 0 Å². The smallest absolute Gasteiger partial charge is 0.419 e. The average Bonchev–Trinajstić information content (AvgIpc) is 3.77. The molecule has 56 heavy (non-hydrogen) atoms. The van der Waals surface area contributed by atoms with E-state index in [1.54, 1.807) is 63.6 Å². The second-order valence-electron chi connectivity index (χ2n) is 16.8. The Bertz CT molecular complexity index is 2350.